The van der Waals surface area contributed by atoms with Gasteiger partial charge in [-0.1, -0.05) is 11.6 Å². The minimum atomic E-state index is 0.586. The first kappa shape index (κ1) is 14.1. The van der Waals surface area contributed by atoms with E-state index < -0.39 is 0 Å². The van der Waals surface area contributed by atoms with Crippen molar-refractivity contribution < 1.29 is 0 Å². The molecule has 0 bridgehead atoms. The summed E-state index contributed by atoms with van der Waals surface area (Å²) in [6.45, 7) is 3.50. The Morgan fingerprint density at radius 1 is 1.38 bits per heavy atom. The van der Waals surface area contributed by atoms with E-state index in [1.807, 2.05) is 26.1 Å². The molecular formula is C13H15ClN6S. The molecule has 0 saturated heterocycles. The lowest BCUT2D eigenvalue weighted by atomic mass is 10.4. The Kier molecular flexibility index (Phi) is 3.94. The Labute approximate surface area is 131 Å². The van der Waals surface area contributed by atoms with Gasteiger partial charge in [0.2, 0.25) is 5.95 Å². The smallest absolute Gasteiger partial charge is 0.226 e. The summed E-state index contributed by atoms with van der Waals surface area (Å²) in [6, 6.07) is 3.94. The number of nitrogens with one attached hydrogen (secondary N) is 2. The van der Waals surface area contributed by atoms with E-state index in [4.69, 9.17) is 11.6 Å². The van der Waals surface area contributed by atoms with Gasteiger partial charge in [-0.25, -0.2) is 4.98 Å². The van der Waals surface area contributed by atoms with E-state index in [0.717, 1.165) is 28.8 Å². The number of aromatic nitrogens is 4. The molecule has 0 unspecified atom stereocenters. The van der Waals surface area contributed by atoms with Crippen molar-refractivity contribution in [1.82, 2.24) is 19.9 Å². The molecule has 0 aliphatic carbocycles. The van der Waals surface area contributed by atoms with Crippen LogP contribution in [0.25, 0.3) is 11.2 Å². The molecule has 0 spiro atoms. The second kappa shape index (κ2) is 5.87. The lowest BCUT2D eigenvalue weighted by molar-refractivity contribution is 0.911. The van der Waals surface area contributed by atoms with Crippen molar-refractivity contribution in [2.75, 3.05) is 23.8 Å². The number of nitrogens with zero attached hydrogens (tertiary/aromatic N) is 4. The van der Waals surface area contributed by atoms with Crippen LogP contribution in [0, 0.1) is 0 Å². The van der Waals surface area contributed by atoms with E-state index in [0.29, 0.717) is 11.6 Å². The number of imidazole rings is 1. The number of aromatic amines is 1. The zero-order valence-corrected chi connectivity index (χ0v) is 13.3. The lowest BCUT2D eigenvalue weighted by Gasteiger charge is -2.18. The van der Waals surface area contributed by atoms with Crippen molar-refractivity contribution in [3.63, 3.8) is 0 Å². The topological polar surface area (TPSA) is 69.7 Å². The van der Waals surface area contributed by atoms with Crippen LogP contribution in [0.15, 0.2) is 18.5 Å². The van der Waals surface area contributed by atoms with Crippen LogP contribution < -0.4 is 10.2 Å². The van der Waals surface area contributed by atoms with Crippen LogP contribution in [0.2, 0.25) is 4.34 Å². The van der Waals surface area contributed by atoms with Crippen molar-refractivity contribution in [2.45, 2.75) is 13.5 Å². The van der Waals surface area contributed by atoms with E-state index in [1.54, 1.807) is 17.7 Å². The van der Waals surface area contributed by atoms with E-state index in [1.165, 1.54) is 4.88 Å². The molecule has 3 aromatic rings. The summed E-state index contributed by atoms with van der Waals surface area (Å²) in [5, 5.41) is 3.13. The van der Waals surface area contributed by atoms with Crippen molar-refractivity contribution >= 4 is 45.9 Å². The molecule has 0 saturated carbocycles. The summed E-state index contributed by atoms with van der Waals surface area (Å²) in [5.41, 5.74) is 1.49. The lowest BCUT2D eigenvalue weighted by Crippen LogP contribution is -2.18. The zero-order valence-electron chi connectivity index (χ0n) is 11.7. The monoisotopic (exact) mass is 322 g/mol. The first-order chi connectivity index (χ1) is 10.2. The van der Waals surface area contributed by atoms with Gasteiger partial charge in [0.15, 0.2) is 11.5 Å². The fourth-order valence-corrected chi connectivity index (χ4v) is 3.22. The predicted octanol–water partition coefficient (Wildman–Crippen LogP) is 3.14. The Balaban J connectivity index is 1.95. The highest BCUT2D eigenvalue weighted by molar-refractivity contribution is 7.16. The molecule has 0 aromatic carbocycles. The number of fused-ring (bicyclic) bond motifs is 1. The summed E-state index contributed by atoms with van der Waals surface area (Å²) >= 11 is 7.55. The zero-order chi connectivity index (χ0) is 14.8. The number of anilines is 2. The van der Waals surface area contributed by atoms with Crippen LogP contribution in [0.4, 0.5) is 11.8 Å². The quantitative estimate of drug-likeness (QED) is 0.755. The van der Waals surface area contributed by atoms with Crippen molar-refractivity contribution in [1.29, 1.82) is 0 Å². The van der Waals surface area contributed by atoms with E-state index in [9.17, 15) is 0 Å². The fraction of sp³-hybridized carbons (Fsp3) is 0.308. The molecule has 0 atom stereocenters. The molecule has 2 N–H and O–H groups in total. The average molecular weight is 323 g/mol. The third-order valence-corrected chi connectivity index (χ3v) is 4.20. The normalized spacial score (nSPS) is 11.0. The molecule has 6 nitrogen and oxygen atoms in total. The van der Waals surface area contributed by atoms with Gasteiger partial charge in [-0.2, -0.15) is 9.97 Å². The molecule has 0 amide bonds. The maximum absolute atomic E-state index is 5.98. The first-order valence-corrected chi connectivity index (χ1v) is 7.77. The number of halogens is 1. The molecule has 0 radical (unpaired) electrons. The summed E-state index contributed by atoms with van der Waals surface area (Å²) in [4.78, 5) is 19.5. The summed E-state index contributed by atoms with van der Waals surface area (Å²) in [7, 11) is 1.99. The molecule has 0 aliphatic rings. The molecule has 0 fully saturated rings. The highest BCUT2D eigenvalue weighted by Gasteiger charge is 2.14. The Bertz CT molecular complexity index is 752. The summed E-state index contributed by atoms with van der Waals surface area (Å²) < 4.78 is 0.793. The number of H-pyrrole nitrogens is 1. The maximum atomic E-state index is 5.98. The van der Waals surface area contributed by atoms with Gasteiger partial charge in [0.05, 0.1) is 17.2 Å². The van der Waals surface area contributed by atoms with Crippen LogP contribution in [-0.4, -0.2) is 33.5 Å². The fourth-order valence-electron chi connectivity index (χ4n) is 2.08. The third kappa shape index (κ3) is 2.93. The maximum Gasteiger partial charge on any atom is 0.226 e. The number of thiophene rings is 1. The minimum absolute atomic E-state index is 0.586. The van der Waals surface area contributed by atoms with Gasteiger partial charge in [-0.3, -0.25) is 0 Å². The van der Waals surface area contributed by atoms with Crippen molar-refractivity contribution in [2.24, 2.45) is 0 Å². The summed E-state index contributed by atoms with van der Waals surface area (Å²) in [6.07, 6.45) is 1.63. The molecular weight excluding hydrogens is 308 g/mol. The Morgan fingerprint density at radius 3 is 2.95 bits per heavy atom. The highest BCUT2D eigenvalue weighted by atomic mass is 35.5. The third-order valence-electron chi connectivity index (χ3n) is 2.98. The van der Waals surface area contributed by atoms with Crippen LogP contribution in [-0.2, 0) is 6.54 Å². The largest absolute Gasteiger partial charge is 0.354 e. The second-order valence-corrected chi connectivity index (χ2v) is 6.36. The molecule has 21 heavy (non-hydrogen) atoms. The molecule has 3 rings (SSSR count). The second-order valence-electron chi connectivity index (χ2n) is 4.56. The number of rotatable bonds is 5. The molecule has 110 valence electrons. The molecule has 0 aliphatic heterocycles. The summed E-state index contributed by atoms with van der Waals surface area (Å²) in [5.74, 6) is 1.40. The first-order valence-electron chi connectivity index (χ1n) is 6.57. The average Bonchev–Trinajstić information content (AvgIpc) is 3.07. The van der Waals surface area contributed by atoms with Gasteiger partial charge in [0, 0.05) is 18.5 Å². The van der Waals surface area contributed by atoms with E-state index in [2.05, 4.69) is 30.2 Å². The minimum Gasteiger partial charge on any atom is -0.354 e. The SMILES string of the molecule is CCNc1nc(N(C)Cc2ccc(Cl)s2)c2[nH]cnc2n1. The van der Waals surface area contributed by atoms with Gasteiger partial charge in [0.1, 0.15) is 5.52 Å². The van der Waals surface area contributed by atoms with Crippen LogP contribution >= 0.6 is 22.9 Å². The molecule has 8 heteroatoms. The Morgan fingerprint density at radius 2 is 2.24 bits per heavy atom. The van der Waals surface area contributed by atoms with Gasteiger partial charge >= 0.3 is 0 Å². The van der Waals surface area contributed by atoms with Gasteiger partial charge in [0.25, 0.3) is 0 Å². The van der Waals surface area contributed by atoms with Gasteiger partial charge < -0.3 is 15.2 Å². The van der Waals surface area contributed by atoms with E-state index in [-0.39, 0.29) is 0 Å². The van der Waals surface area contributed by atoms with Crippen LogP contribution in [0.1, 0.15) is 11.8 Å². The van der Waals surface area contributed by atoms with Crippen LogP contribution in [0.5, 0.6) is 0 Å². The standard InChI is InChI=1S/C13H15ClN6S/c1-3-15-13-18-11-10(16-7-17-11)12(19-13)20(2)6-8-4-5-9(14)21-8/h4-5,7H,3,6H2,1-2H3,(H2,15,16,17,18,19). The molecule has 3 heterocycles. The highest BCUT2D eigenvalue weighted by Crippen LogP contribution is 2.26. The van der Waals surface area contributed by atoms with Crippen molar-refractivity contribution in [3.8, 4) is 0 Å². The number of hydrogen-bond acceptors (Lipinski definition) is 6. The predicted molar refractivity (Wildman–Crippen MR) is 87.3 cm³/mol. The van der Waals surface area contributed by atoms with Crippen molar-refractivity contribution in [3.05, 3.63) is 27.7 Å². The van der Waals surface area contributed by atoms with E-state index >= 15 is 0 Å². The Hall–Kier alpha value is -1.86. The van der Waals surface area contributed by atoms with Crippen LogP contribution in [0.3, 0.4) is 0 Å². The number of hydrogen-bond donors (Lipinski definition) is 2. The van der Waals surface area contributed by atoms with Gasteiger partial charge in [-0.05, 0) is 19.1 Å². The van der Waals surface area contributed by atoms with Gasteiger partial charge in [-0.15, -0.1) is 11.3 Å². The molecule has 3 aromatic heterocycles.